The van der Waals surface area contributed by atoms with Gasteiger partial charge in [0.25, 0.3) is 5.53 Å². The van der Waals surface area contributed by atoms with E-state index in [-0.39, 0.29) is 8.46 Å². The van der Waals surface area contributed by atoms with Gasteiger partial charge in [-0.3, -0.25) is 4.57 Å². The fourth-order valence-corrected chi connectivity index (χ4v) is 2.22. The predicted molar refractivity (Wildman–Crippen MR) is 77.3 cm³/mol. The molecule has 0 aliphatic heterocycles. The maximum Gasteiger partial charge on any atom is 0.278 e. The Morgan fingerprint density at radius 3 is 2.00 bits per heavy atom. The summed E-state index contributed by atoms with van der Waals surface area (Å²) in [5.41, 5.74) is 0.737. The summed E-state index contributed by atoms with van der Waals surface area (Å²) in [7, 11) is -0.171. The molecule has 0 N–H and O–H groups in total. The Labute approximate surface area is 117 Å². The van der Waals surface area contributed by atoms with Gasteiger partial charge >= 0.3 is 0 Å². The molecule has 1 aromatic carbocycles. The van der Waals surface area contributed by atoms with Crippen molar-refractivity contribution in [2.24, 2.45) is 0 Å². The molecule has 0 saturated heterocycles. The molecule has 3 nitrogen and oxygen atoms in total. The average Bonchev–Trinajstić information content (AvgIpc) is 2.48. The lowest BCUT2D eigenvalue weighted by Gasteiger charge is -2.27. The molecule has 1 radical (unpaired) electrons. The van der Waals surface area contributed by atoms with Crippen LogP contribution in [0.25, 0.3) is 0 Å². The molecule has 0 amide bonds. The van der Waals surface area contributed by atoms with Gasteiger partial charge in [-0.2, -0.15) is 0 Å². The predicted octanol–water partition coefficient (Wildman–Crippen LogP) is 4.32. The Balaban J connectivity index is 3.00. The van der Waals surface area contributed by atoms with Gasteiger partial charge in [0.05, 0.1) is 13.2 Å². The number of rotatable bonds is 9. The minimum absolute atomic E-state index is 0.171. The average molecular weight is 281 g/mol. The van der Waals surface area contributed by atoms with Crippen LogP contribution in [0.4, 0.5) is 0 Å². The van der Waals surface area contributed by atoms with Gasteiger partial charge in [-0.15, -0.1) is 0 Å². The van der Waals surface area contributed by atoms with Gasteiger partial charge in [0.1, 0.15) is 0 Å². The molecule has 0 fully saturated rings. The van der Waals surface area contributed by atoms with E-state index in [9.17, 15) is 4.57 Å². The Morgan fingerprint density at radius 2 is 1.63 bits per heavy atom. The van der Waals surface area contributed by atoms with E-state index in [2.05, 4.69) is 6.92 Å². The molecule has 0 bridgehead atoms. The number of hydrogen-bond acceptors (Lipinski definition) is 3. The van der Waals surface area contributed by atoms with Gasteiger partial charge in [0, 0.05) is 5.56 Å². The monoisotopic (exact) mass is 281 g/mol. The molecule has 0 aliphatic carbocycles. The second kappa shape index (κ2) is 8.42. The van der Waals surface area contributed by atoms with Crippen molar-refractivity contribution >= 4 is 8.46 Å². The number of benzene rings is 1. The van der Waals surface area contributed by atoms with E-state index in [1.54, 1.807) is 0 Å². The summed E-state index contributed by atoms with van der Waals surface area (Å²) in [4.78, 5) is 0. The van der Waals surface area contributed by atoms with Gasteiger partial charge < -0.3 is 9.47 Å². The van der Waals surface area contributed by atoms with Crippen molar-refractivity contribution < 1.29 is 14.0 Å². The van der Waals surface area contributed by atoms with Crippen molar-refractivity contribution in [3.63, 3.8) is 0 Å². The molecular formula is C15H22O3P. The molecule has 0 aliphatic rings. The van der Waals surface area contributed by atoms with Crippen LogP contribution in [0.3, 0.4) is 0 Å². The van der Waals surface area contributed by atoms with Crippen molar-refractivity contribution in [2.75, 3.05) is 13.2 Å². The summed E-state index contributed by atoms with van der Waals surface area (Å²) in [6.07, 6.45) is 2.43. The van der Waals surface area contributed by atoms with Crippen LogP contribution < -0.4 is 0 Å². The third-order valence-corrected chi connectivity index (χ3v) is 3.49. The summed E-state index contributed by atoms with van der Waals surface area (Å²) >= 11 is 0. The van der Waals surface area contributed by atoms with Gasteiger partial charge in [0.15, 0.2) is 0 Å². The van der Waals surface area contributed by atoms with Crippen LogP contribution in [0.5, 0.6) is 0 Å². The van der Waals surface area contributed by atoms with E-state index in [1.807, 2.05) is 38.1 Å². The maximum absolute atomic E-state index is 11.6. The summed E-state index contributed by atoms with van der Waals surface area (Å²) < 4.78 is 23.1. The van der Waals surface area contributed by atoms with Gasteiger partial charge in [-0.1, -0.05) is 38.1 Å². The number of hydrogen-bond donors (Lipinski definition) is 0. The summed E-state index contributed by atoms with van der Waals surface area (Å²) in [6.45, 7) is 8.89. The Bertz CT molecular complexity index is 367. The van der Waals surface area contributed by atoms with Crippen molar-refractivity contribution in [1.82, 2.24) is 0 Å². The van der Waals surface area contributed by atoms with E-state index in [0.717, 1.165) is 30.4 Å². The second-order valence-corrected chi connectivity index (χ2v) is 5.09. The van der Waals surface area contributed by atoms with Crippen LogP contribution in [-0.2, 0) is 26.0 Å². The molecule has 105 valence electrons. The van der Waals surface area contributed by atoms with Crippen molar-refractivity contribution in [2.45, 2.75) is 38.6 Å². The minimum Gasteiger partial charge on any atom is -0.337 e. The van der Waals surface area contributed by atoms with Crippen molar-refractivity contribution in [3.05, 3.63) is 42.3 Å². The molecule has 0 heterocycles. The SMILES string of the molecule is [CH2]Cc1ccc(C(OCCC)(OCCC)P=O)cc1. The number of ether oxygens (including phenoxy) is 2. The fourth-order valence-electron chi connectivity index (χ4n) is 1.68. The Morgan fingerprint density at radius 1 is 1.11 bits per heavy atom. The molecule has 19 heavy (non-hydrogen) atoms. The van der Waals surface area contributed by atoms with Crippen LogP contribution in [0, 0.1) is 6.92 Å². The van der Waals surface area contributed by atoms with Crippen LogP contribution in [-0.4, -0.2) is 13.2 Å². The first kappa shape index (κ1) is 16.3. The van der Waals surface area contributed by atoms with Gasteiger partial charge in [-0.25, -0.2) is 0 Å². The normalized spacial score (nSPS) is 11.9. The van der Waals surface area contributed by atoms with Crippen LogP contribution in [0.2, 0.25) is 0 Å². The van der Waals surface area contributed by atoms with Gasteiger partial charge in [0.2, 0.25) is 8.46 Å². The highest BCUT2D eigenvalue weighted by Gasteiger charge is 2.35. The van der Waals surface area contributed by atoms with Gasteiger partial charge in [-0.05, 0) is 31.7 Å². The topological polar surface area (TPSA) is 35.5 Å². The molecule has 0 aromatic heterocycles. The largest absolute Gasteiger partial charge is 0.337 e. The fraction of sp³-hybridized carbons (Fsp3) is 0.533. The first-order chi connectivity index (χ1) is 9.22. The second-order valence-electron chi connectivity index (χ2n) is 4.32. The maximum atomic E-state index is 11.6. The van der Waals surface area contributed by atoms with Crippen LogP contribution in [0.15, 0.2) is 24.3 Å². The van der Waals surface area contributed by atoms with Crippen molar-refractivity contribution in [1.29, 1.82) is 0 Å². The zero-order valence-electron chi connectivity index (χ0n) is 11.7. The van der Waals surface area contributed by atoms with Crippen LogP contribution >= 0.6 is 8.46 Å². The zero-order chi connectivity index (χ0) is 14.1. The highest BCUT2D eigenvalue weighted by atomic mass is 31.1. The Kier molecular flexibility index (Phi) is 7.22. The standard InChI is InChI=1S/C15H22O3P/c1-4-11-17-15(19-16,18-12-5-2)14-9-7-13(6-3)8-10-14/h7-10H,3-6,11-12H2,1-2H3. The molecule has 4 heteroatoms. The molecule has 1 rings (SSSR count). The lowest BCUT2D eigenvalue weighted by atomic mass is 10.1. The van der Waals surface area contributed by atoms with E-state index in [1.165, 1.54) is 0 Å². The lowest BCUT2D eigenvalue weighted by Crippen LogP contribution is -2.28. The lowest BCUT2D eigenvalue weighted by molar-refractivity contribution is -0.182. The molecule has 0 spiro atoms. The third-order valence-electron chi connectivity index (χ3n) is 2.73. The molecule has 0 saturated carbocycles. The highest BCUT2D eigenvalue weighted by molar-refractivity contribution is 7.24. The summed E-state index contributed by atoms with van der Waals surface area (Å²) in [6, 6.07) is 7.73. The first-order valence-electron chi connectivity index (χ1n) is 6.73. The van der Waals surface area contributed by atoms with E-state index >= 15 is 0 Å². The molecule has 0 atom stereocenters. The van der Waals surface area contributed by atoms with Crippen LogP contribution in [0.1, 0.15) is 37.8 Å². The molecule has 1 aromatic rings. The highest BCUT2D eigenvalue weighted by Crippen LogP contribution is 2.38. The quantitative estimate of drug-likeness (QED) is 0.499. The summed E-state index contributed by atoms with van der Waals surface area (Å²) in [5, 5.41) is 0. The zero-order valence-corrected chi connectivity index (χ0v) is 12.6. The first-order valence-corrected chi connectivity index (χ1v) is 7.54. The molecule has 0 unspecified atom stereocenters. The smallest absolute Gasteiger partial charge is 0.278 e. The summed E-state index contributed by atoms with van der Waals surface area (Å²) in [5.74, 6) is 0. The third kappa shape index (κ3) is 4.38. The Hall–Kier alpha value is -0.760. The van der Waals surface area contributed by atoms with E-state index in [4.69, 9.17) is 9.47 Å². The van der Waals surface area contributed by atoms with E-state index in [0.29, 0.717) is 13.2 Å². The van der Waals surface area contributed by atoms with E-state index < -0.39 is 5.53 Å². The minimum atomic E-state index is -1.17. The van der Waals surface area contributed by atoms with Crippen molar-refractivity contribution in [3.8, 4) is 0 Å². The molecular weight excluding hydrogens is 259 g/mol.